The Bertz CT molecular complexity index is 1320. The van der Waals surface area contributed by atoms with E-state index in [9.17, 15) is 23.4 Å². The van der Waals surface area contributed by atoms with E-state index < -0.39 is 34.2 Å². The molecule has 0 unspecified atom stereocenters. The summed E-state index contributed by atoms with van der Waals surface area (Å²) in [6.45, 7) is -0.252. The Balaban J connectivity index is 1.47. The van der Waals surface area contributed by atoms with Crippen LogP contribution in [0, 0.1) is 5.92 Å². The third-order valence-corrected chi connectivity index (χ3v) is 6.42. The molecule has 4 atom stereocenters. The number of rotatable bonds is 9. The predicted molar refractivity (Wildman–Crippen MR) is 125 cm³/mol. The summed E-state index contributed by atoms with van der Waals surface area (Å²) in [5.74, 6) is -0.772. The van der Waals surface area contributed by atoms with Crippen LogP contribution in [0.3, 0.4) is 0 Å². The van der Waals surface area contributed by atoms with E-state index in [1.165, 1.54) is 24.9 Å². The summed E-state index contributed by atoms with van der Waals surface area (Å²) in [6.07, 6.45) is 2.68. The zero-order chi connectivity index (χ0) is 25.2. The van der Waals surface area contributed by atoms with E-state index in [2.05, 4.69) is 19.5 Å². The first-order valence-corrected chi connectivity index (χ1v) is 12.4. The quantitative estimate of drug-likeness (QED) is 0.303. The third kappa shape index (κ3) is 6.23. The van der Waals surface area contributed by atoms with Gasteiger partial charge >= 0.3 is 10.3 Å². The second-order valence-electron chi connectivity index (χ2n) is 8.23. The molecule has 1 aromatic carbocycles. The van der Waals surface area contributed by atoms with Crippen molar-refractivity contribution in [3.63, 3.8) is 0 Å². The number of nitrogens with one attached hydrogen (secondary N) is 1. The lowest BCUT2D eigenvalue weighted by Gasteiger charge is -2.15. The number of benzene rings is 1. The number of ketones is 1. The van der Waals surface area contributed by atoms with Crippen LogP contribution in [0.1, 0.15) is 46.2 Å². The lowest BCUT2D eigenvalue weighted by Crippen LogP contribution is -2.24. The molecular weight excluding hydrogens is 500 g/mol. The Morgan fingerprint density at radius 3 is 2.86 bits per heavy atom. The van der Waals surface area contributed by atoms with Gasteiger partial charge in [0.25, 0.3) is 0 Å². The van der Waals surface area contributed by atoms with Gasteiger partial charge in [0.15, 0.2) is 5.76 Å². The molecule has 2 aromatic heterocycles. The molecule has 2 heterocycles. The van der Waals surface area contributed by atoms with Crippen LogP contribution in [-0.4, -0.2) is 53.1 Å². The number of aromatic nitrogens is 2. The Kier molecular flexibility index (Phi) is 7.50. The number of nitrogens with zero attached hydrogens (tertiary/aromatic N) is 2. The van der Waals surface area contributed by atoms with Gasteiger partial charge in [0, 0.05) is 28.7 Å². The zero-order valence-electron chi connectivity index (χ0n) is 18.2. The highest BCUT2D eigenvalue weighted by Crippen LogP contribution is 2.31. The number of furan rings is 1. The zero-order valence-corrected chi connectivity index (χ0v) is 19.8. The van der Waals surface area contributed by atoms with Crippen LogP contribution in [0.15, 0.2) is 53.5 Å². The number of halogens is 1. The van der Waals surface area contributed by atoms with Crippen LogP contribution in [-0.2, 0) is 14.5 Å². The van der Waals surface area contributed by atoms with Gasteiger partial charge in [-0.3, -0.25) is 8.98 Å². The molecule has 0 bridgehead atoms. The average Bonchev–Trinajstić information content (AvgIpc) is 3.43. The minimum Gasteiger partial charge on any atom is -0.460 e. The Labute approximate surface area is 206 Å². The molecule has 186 valence electrons. The highest BCUT2D eigenvalue weighted by molar-refractivity contribution is 7.84. The summed E-state index contributed by atoms with van der Waals surface area (Å²) in [4.78, 5) is 21.2. The lowest BCUT2D eigenvalue weighted by molar-refractivity contribution is 0.100. The molecule has 0 amide bonds. The van der Waals surface area contributed by atoms with Crippen molar-refractivity contribution in [2.45, 2.75) is 31.1 Å². The first-order valence-electron chi connectivity index (χ1n) is 10.6. The van der Waals surface area contributed by atoms with Gasteiger partial charge in [0.2, 0.25) is 5.78 Å². The van der Waals surface area contributed by atoms with Crippen LogP contribution in [0.2, 0.25) is 5.02 Å². The maximum absolute atomic E-state index is 13.1. The van der Waals surface area contributed by atoms with Crippen LogP contribution < -0.4 is 10.5 Å². The molecule has 0 radical (unpaired) electrons. The Hall–Kier alpha value is -2.87. The van der Waals surface area contributed by atoms with Gasteiger partial charge < -0.3 is 19.9 Å². The fraction of sp³-hybridized carbons (Fsp3) is 0.318. The van der Waals surface area contributed by atoms with E-state index in [0.717, 1.165) is 0 Å². The first kappa shape index (κ1) is 25.2. The van der Waals surface area contributed by atoms with E-state index in [4.69, 9.17) is 21.2 Å². The first-order chi connectivity index (χ1) is 16.6. The van der Waals surface area contributed by atoms with Gasteiger partial charge in [-0.15, -0.1) is 0 Å². The van der Waals surface area contributed by atoms with Crippen molar-refractivity contribution < 1.29 is 32.0 Å². The highest BCUT2D eigenvalue weighted by Gasteiger charge is 2.35. The summed E-state index contributed by atoms with van der Waals surface area (Å²) in [5, 5.41) is 29.3. The number of aliphatic hydroxyl groups is 2. The monoisotopic (exact) mass is 522 g/mol. The number of carbonyl (C=O) groups excluding carboxylic acids is 1. The number of anilines is 1. The number of hydrogen-bond donors (Lipinski definition) is 4. The average molecular weight is 523 g/mol. The van der Waals surface area contributed by atoms with Crippen LogP contribution >= 0.6 is 11.6 Å². The van der Waals surface area contributed by atoms with Gasteiger partial charge in [-0.05, 0) is 36.6 Å². The summed E-state index contributed by atoms with van der Waals surface area (Å²) in [5.41, 5.74) is 1.05. The van der Waals surface area contributed by atoms with E-state index in [1.54, 1.807) is 24.3 Å². The molecule has 0 saturated heterocycles. The number of hydrogen-bond acceptors (Lipinski definition) is 10. The van der Waals surface area contributed by atoms with E-state index >= 15 is 0 Å². The predicted octanol–water partition coefficient (Wildman–Crippen LogP) is 1.81. The minimum absolute atomic E-state index is 0.0233. The molecule has 1 saturated carbocycles. The van der Waals surface area contributed by atoms with Crippen molar-refractivity contribution >= 4 is 33.5 Å². The lowest BCUT2D eigenvalue weighted by atomic mass is 10.0. The van der Waals surface area contributed by atoms with E-state index in [0.29, 0.717) is 22.6 Å². The fourth-order valence-corrected chi connectivity index (χ4v) is 4.56. The largest absolute Gasteiger partial charge is 0.460 e. The van der Waals surface area contributed by atoms with Crippen LogP contribution in [0.5, 0.6) is 0 Å². The summed E-state index contributed by atoms with van der Waals surface area (Å²) in [7, 11) is -4.12. The number of aliphatic hydroxyl groups excluding tert-OH is 2. The molecule has 1 aliphatic carbocycles. The standard InChI is InChI=1S/C22H23ClN4O7S/c23-15-3-1-2-12(4-15)20(29)14-6-19(33-9-14)21(30)17-8-25-11-26-22(17)27-16-5-13(18(28)7-16)10-34-35(24,31)32/h1-4,6,8-9,11,13,16,18,20,28-29H,5,7,10H2,(H2,24,31,32)(H,25,26,27)/t13-,16-,18+,20-/m1/s1. The van der Waals surface area contributed by atoms with E-state index in [1.807, 2.05) is 0 Å². The normalized spacial score (nSPS) is 21.1. The van der Waals surface area contributed by atoms with E-state index in [-0.39, 0.29) is 36.2 Å². The van der Waals surface area contributed by atoms with Gasteiger partial charge in [0.05, 0.1) is 24.5 Å². The van der Waals surface area contributed by atoms with Crippen molar-refractivity contribution in [2.24, 2.45) is 11.1 Å². The van der Waals surface area contributed by atoms with Gasteiger partial charge in [0.1, 0.15) is 18.2 Å². The fourth-order valence-electron chi connectivity index (χ4n) is 4.00. The summed E-state index contributed by atoms with van der Waals surface area (Å²) in [6, 6.07) is 7.84. The second kappa shape index (κ2) is 10.4. The maximum atomic E-state index is 13.1. The Morgan fingerprint density at radius 1 is 1.31 bits per heavy atom. The molecule has 0 spiro atoms. The highest BCUT2D eigenvalue weighted by atomic mass is 35.5. The number of carbonyl (C=O) groups is 1. The maximum Gasteiger partial charge on any atom is 0.333 e. The molecule has 11 nitrogen and oxygen atoms in total. The van der Waals surface area contributed by atoms with Crippen molar-refractivity contribution in [2.75, 3.05) is 11.9 Å². The SMILES string of the molecule is NS(=O)(=O)OC[C@H]1C[C@@H](Nc2ncncc2C(=O)c2cc([C@H](O)c3cccc(Cl)c3)co2)C[C@@H]1O. The third-order valence-electron chi connectivity index (χ3n) is 5.73. The molecule has 13 heteroatoms. The van der Waals surface area contributed by atoms with Crippen molar-refractivity contribution in [3.05, 3.63) is 76.6 Å². The van der Waals surface area contributed by atoms with Crippen LogP contribution in [0.25, 0.3) is 0 Å². The Morgan fingerprint density at radius 2 is 2.11 bits per heavy atom. The second-order valence-corrected chi connectivity index (χ2v) is 9.89. The summed E-state index contributed by atoms with van der Waals surface area (Å²) >= 11 is 5.99. The van der Waals surface area contributed by atoms with Gasteiger partial charge in [-0.1, -0.05) is 23.7 Å². The van der Waals surface area contributed by atoms with Gasteiger partial charge in [-0.2, -0.15) is 8.42 Å². The van der Waals surface area contributed by atoms with Crippen molar-refractivity contribution in [1.82, 2.24) is 9.97 Å². The van der Waals surface area contributed by atoms with Crippen LogP contribution in [0.4, 0.5) is 5.82 Å². The molecular formula is C22H23ClN4O7S. The molecule has 3 aromatic rings. The topological polar surface area (TPSA) is 178 Å². The smallest absolute Gasteiger partial charge is 0.333 e. The minimum atomic E-state index is -4.12. The summed E-state index contributed by atoms with van der Waals surface area (Å²) < 4.78 is 32.1. The molecule has 1 aliphatic rings. The number of nitrogens with two attached hydrogens (primary N) is 1. The van der Waals surface area contributed by atoms with Crippen molar-refractivity contribution in [1.29, 1.82) is 0 Å². The molecule has 4 rings (SSSR count). The molecule has 1 fully saturated rings. The molecule has 5 N–H and O–H groups in total. The van der Waals surface area contributed by atoms with Crippen molar-refractivity contribution in [3.8, 4) is 0 Å². The molecule has 35 heavy (non-hydrogen) atoms. The van der Waals surface area contributed by atoms with Gasteiger partial charge in [-0.25, -0.2) is 15.1 Å². The molecule has 0 aliphatic heterocycles.